The van der Waals surface area contributed by atoms with Gasteiger partial charge in [0.15, 0.2) is 5.82 Å². The summed E-state index contributed by atoms with van der Waals surface area (Å²) < 4.78 is 0. The van der Waals surface area contributed by atoms with Crippen LogP contribution >= 0.6 is 0 Å². The average molecular weight is 361 g/mol. The van der Waals surface area contributed by atoms with Crippen LogP contribution < -0.4 is 5.32 Å². The second-order valence-electron chi connectivity index (χ2n) is 7.01. The highest BCUT2D eigenvalue weighted by atomic mass is 16.1. The zero-order chi connectivity index (χ0) is 18.6. The van der Waals surface area contributed by atoms with E-state index in [0.29, 0.717) is 11.4 Å². The van der Waals surface area contributed by atoms with E-state index in [1.54, 1.807) is 0 Å². The number of amides is 1. The Hall–Kier alpha value is -2.99. The first-order valence-corrected chi connectivity index (χ1v) is 9.25. The Balaban J connectivity index is 1.41. The number of fused-ring (bicyclic) bond motifs is 1. The van der Waals surface area contributed by atoms with Gasteiger partial charge in [0.05, 0.1) is 5.56 Å². The first kappa shape index (κ1) is 17.4. The number of H-pyrrole nitrogens is 1. The number of aromatic amines is 1. The molecule has 1 amide bonds. The van der Waals surface area contributed by atoms with Gasteiger partial charge < -0.3 is 5.32 Å². The zero-order valence-corrected chi connectivity index (χ0v) is 15.4. The molecule has 6 nitrogen and oxygen atoms in total. The lowest BCUT2D eigenvalue weighted by molar-refractivity contribution is 0.0927. The molecule has 138 valence electrons. The van der Waals surface area contributed by atoms with E-state index < -0.39 is 0 Å². The van der Waals surface area contributed by atoms with Crippen LogP contribution in [0.25, 0.3) is 11.4 Å². The standard InChI is InChI=1S/C21H23N5O/c1-15(12-26-11-10-16-6-2-3-7-17(16)13-26)24-21(27)19-9-5-4-8-18(19)20-22-14-23-25-20/h2-9,14-15H,10-13H2,1H3,(H,24,27)(H,22,23,25). The van der Waals surface area contributed by atoms with Crippen LogP contribution in [0.15, 0.2) is 54.9 Å². The monoisotopic (exact) mass is 361 g/mol. The molecule has 4 rings (SSSR count). The van der Waals surface area contributed by atoms with Crippen molar-refractivity contribution in [2.45, 2.75) is 25.9 Å². The van der Waals surface area contributed by atoms with Crippen LogP contribution in [0, 0.1) is 0 Å². The van der Waals surface area contributed by atoms with Crippen molar-refractivity contribution in [1.82, 2.24) is 25.4 Å². The summed E-state index contributed by atoms with van der Waals surface area (Å²) in [5.41, 5.74) is 4.18. The molecule has 3 aromatic rings. The maximum Gasteiger partial charge on any atom is 0.252 e. The lowest BCUT2D eigenvalue weighted by Crippen LogP contribution is -2.43. The molecular formula is C21H23N5O. The molecule has 0 fully saturated rings. The van der Waals surface area contributed by atoms with Gasteiger partial charge in [0.2, 0.25) is 0 Å². The Morgan fingerprint density at radius 1 is 1.19 bits per heavy atom. The van der Waals surface area contributed by atoms with Gasteiger partial charge in [-0.1, -0.05) is 42.5 Å². The quantitative estimate of drug-likeness (QED) is 0.733. The number of hydrogen-bond donors (Lipinski definition) is 2. The molecule has 1 aliphatic rings. The lowest BCUT2D eigenvalue weighted by Gasteiger charge is -2.31. The number of nitrogens with one attached hydrogen (secondary N) is 2. The van der Waals surface area contributed by atoms with E-state index in [9.17, 15) is 4.79 Å². The number of carbonyl (C=O) groups excluding carboxylic acids is 1. The number of rotatable bonds is 5. The third-order valence-corrected chi connectivity index (χ3v) is 4.96. The van der Waals surface area contributed by atoms with Gasteiger partial charge in [-0.05, 0) is 30.5 Å². The minimum atomic E-state index is -0.0908. The normalized spacial score (nSPS) is 15.1. The highest BCUT2D eigenvalue weighted by molar-refractivity contribution is 6.00. The van der Waals surface area contributed by atoms with Crippen molar-refractivity contribution in [1.29, 1.82) is 0 Å². The molecule has 0 radical (unpaired) electrons. The molecule has 1 aliphatic heterocycles. The van der Waals surface area contributed by atoms with Crippen LogP contribution in [0.1, 0.15) is 28.4 Å². The van der Waals surface area contributed by atoms with Crippen molar-refractivity contribution in [2.24, 2.45) is 0 Å². The minimum absolute atomic E-state index is 0.0468. The molecule has 6 heteroatoms. The molecule has 1 unspecified atom stereocenters. The van der Waals surface area contributed by atoms with E-state index in [1.807, 2.05) is 24.3 Å². The molecular weight excluding hydrogens is 338 g/mol. The Morgan fingerprint density at radius 3 is 2.78 bits per heavy atom. The third-order valence-electron chi connectivity index (χ3n) is 4.96. The smallest absolute Gasteiger partial charge is 0.252 e. The summed E-state index contributed by atoms with van der Waals surface area (Å²) in [7, 11) is 0. The summed E-state index contributed by atoms with van der Waals surface area (Å²) >= 11 is 0. The Bertz CT molecular complexity index is 922. The number of hydrogen-bond acceptors (Lipinski definition) is 4. The van der Waals surface area contributed by atoms with Crippen molar-refractivity contribution >= 4 is 5.91 Å². The van der Waals surface area contributed by atoms with Crippen molar-refractivity contribution in [3.63, 3.8) is 0 Å². The predicted molar refractivity (Wildman–Crippen MR) is 104 cm³/mol. The highest BCUT2D eigenvalue weighted by Crippen LogP contribution is 2.20. The topological polar surface area (TPSA) is 73.9 Å². The maximum absolute atomic E-state index is 12.8. The van der Waals surface area contributed by atoms with Gasteiger partial charge in [0, 0.05) is 31.2 Å². The van der Waals surface area contributed by atoms with Gasteiger partial charge in [-0.3, -0.25) is 14.8 Å². The Labute approximate surface area is 158 Å². The average Bonchev–Trinajstić information content (AvgIpc) is 3.22. The lowest BCUT2D eigenvalue weighted by atomic mass is 9.99. The zero-order valence-electron chi connectivity index (χ0n) is 15.4. The van der Waals surface area contributed by atoms with Gasteiger partial charge in [-0.2, -0.15) is 5.10 Å². The van der Waals surface area contributed by atoms with Gasteiger partial charge in [0.25, 0.3) is 5.91 Å². The molecule has 1 atom stereocenters. The molecule has 1 aromatic heterocycles. The van der Waals surface area contributed by atoms with Crippen molar-refractivity contribution in [3.8, 4) is 11.4 Å². The number of carbonyl (C=O) groups is 1. The SMILES string of the molecule is CC(CN1CCc2ccccc2C1)NC(=O)c1ccccc1-c1ncn[nH]1. The number of nitrogens with zero attached hydrogens (tertiary/aromatic N) is 3. The van der Waals surface area contributed by atoms with E-state index in [2.05, 4.69) is 56.6 Å². The second-order valence-corrected chi connectivity index (χ2v) is 7.01. The molecule has 2 aromatic carbocycles. The summed E-state index contributed by atoms with van der Waals surface area (Å²) in [5, 5.41) is 9.84. The van der Waals surface area contributed by atoms with E-state index in [0.717, 1.165) is 31.6 Å². The molecule has 0 saturated heterocycles. The molecule has 27 heavy (non-hydrogen) atoms. The summed E-state index contributed by atoms with van der Waals surface area (Å²) in [6.07, 6.45) is 2.51. The van der Waals surface area contributed by atoms with Gasteiger partial charge in [-0.15, -0.1) is 0 Å². The molecule has 0 saturated carbocycles. The summed E-state index contributed by atoms with van der Waals surface area (Å²) in [4.78, 5) is 19.4. The van der Waals surface area contributed by atoms with E-state index in [1.165, 1.54) is 17.5 Å². The molecule has 0 spiro atoms. The van der Waals surface area contributed by atoms with Crippen LogP contribution in [0.4, 0.5) is 0 Å². The molecule has 0 bridgehead atoms. The Morgan fingerprint density at radius 2 is 1.96 bits per heavy atom. The summed E-state index contributed by atoms with van der Waals surface area (Å²) in [6.45, 7) is 4.83. The summed E-state index contributed by atoms with van der Waals surface area (Å²) in [6, 6.07) is 16.1. The summed E-state index contributed by atoms with van der Waals surface area (Å²) in [5.74, 6) is 0.507. The minimum Gasteiger partial charge on any atom is -0.348 e. The van der Waals surface area contributed by atoms with Crippen LogP contribution in [0.2, 0.25) is 0 Å². The molecule has 2 heterocycles. The first-order chi connectivity index (χ1) is 13.2. The van der Waals surface area contributed by atoms with Crippen molar-refractivity contribution < 1.29 is 4.79 Å². The Kier molecular flexibility index (Phi) is 4.98. The second kappa shape index (κ2) is 7.72. The fourth-order valence-electron chi connectivity index (χ4n) is 3.67. The highest BCUT2D eigenvalue weighted by Gasteiger charge is 2.20. The van der Waals surface area contributed by atoms with Gasteiger partial charge in [-0.25, -0.2) is 4.98 Å². The molecule has 2 N–H and O–H groups in total. The van der Waals surface area contributed by atoms with Crippen molar-refractivity contribution in [3.05, 3.63) is 71.5 Å². The fourth-order valence-corrected chi connectivity index (χ4v) is 3.67. The predicted octanol–water partition coefficient (Wildman–Crippen LogP) is 2.65. The first-order valence-electron chi connectivity index (χ1n) is 9.25. The number of aromatic nitrogens is 3. The maximum atomic E-state index is 12.8. The fraction of sp³-hybridized carbons (Fsp3) is 0.286. The van der Waals surface area contributed by atoms with Crippen LogP contribution in [-0.4, -0.2) is 45.1 Å². The van der Waals surface area contributed by atoms with Crippen LogP contribution in [-0.2, 0) is 13.0 Å². The van der Waals surface area contributed by atoms with Crippen molar-refractivity contribution in [2.75, 3.05) is 13.1 Å². The number of benzene rings is 2. The van der Waals surface area contributed by atoms with Crippen LogP contribution in [0.3, 0.4) is 0 Å². The molecule has 0 aliphatic carbocycles. The van der Waals surface area contributed by atoms with Gasteiger partial charge in [0.1, 0.15) is 6.33 Å². The van der Waals surface area contributed by atoms with Gasteiger partial charge >= 0.3 is 0 Å². The largest absolute Gasteiger partial charge is 0.348 e. The third kappa shape index (κ3) is 3.90. The van der Waals surface area contributed by atoms with E-state index >= 15 is 0 Å². The van der Waals surface area contributed by atoms with Crippen LogP contribution in [0.5, 0.6) is 0 Å². The van der Waals surface area contributed by atoms with E-state index in [-0.39, 0.29) is 11.9 Å². The van der Waals surface area contributed by atoms with E-state index in [4.69, 9.17) is 0 Å².